The molecular formula is C58H36N2O2. The summed E-state index contributed by atoms with van der Waals surface area (Å²) < 4.78 is 13.4. The summed E-state index contributed by atoms with van der Waals surface area (Å²) >= 11 is 0. The minimum Gasteiger partial charge on any atom is -0.456 e. The van der Waals surface area contributed by atoms with Crippen LogP contribution >= 0.6 is 0 Å². The Morgan fingerprint density at radius 2 is 0.613 bits per heavy atom. The number of anilines is 6. The maximum atomic E-state index is 6.70. The SMILES string of the molecule is c1ccc(N(c2ccc3cc4c(cc3c2)oc2cc3c(cc24)oc2cc4cc(N(c5ccccc5)c5cccc6ccccc56)ccc4cc23)c2cccc3ccccc23)cc1. The van der Waals surface area contributed by atoms with Crippen LogP contribution in [0.2, 0.25) is 0 Å². The fourth-order valence-electron chi connectivity index (χ4n) is 9.60. The van der Waals surface area contributed by atoms with Crippen molar-refractivity contribution in [1.29, 1.82) is 0 Å². The molecular weight excluding hydrogens is 757 g/mol. The molecule has 0 atom stereocenters. The first-order chi connectivity index (χ1) is 30.7. The van der Waals surface area contributed by atoms with Gasteiger partial charge in [0.2, 0.25) is 0 Å². The molecule has 0 unspecified atom stereocenters. The van der Waals surface area contributed by atoms with Crippen LogP contribution < -0.4 is 9.80 Å². The second kappa shape index (κ2) is 13.6. The number of benzene rings is 11. The van der Waals surface area contributed by atoms with E-state index in [1.165, 1.54) is 21.5 Å². The van der Waals surface area contributed by atoms with Crippen LogP contribution in [0.5, 0.6) is 0 Å². The molecule has 11 aromatic carbocycles. The summed E-state index contributed by atoms with van der Waals surface area (Å²) in [7, 11) is 0. The molecule has 0 fully saturated rings. The molecule has 13 aromatic rings. The van der Waals surface area contributed by atoms with Gasteiger partial charge in [-0.25, -0.2) is 0 Å². The van der Waals surface area contributed by atoms with Gasteiger partial charge in [0.15, 0.2) is 0 Å². The van der Waals surface area contributed by atoms with Crippen LogP contribution in [-0.2, 0) is 0 Å². The molecule has 0 bridgehead atoms. The van der Waals surface area contributed by atoms with E-state index in [4.69, 9.17) is 8.83 Å². The molecule has 0 saturated heterocycles. The van der Waals surface area contributed by atoms with Crippen LogP contribution in [0, 0.1) is 0 Å². The summed E-state index contributed by atoms with van der Waals surface area (Å²) in [5.74, 6) is 0. The highest BCUT2D eigenvalue weighted by Gasteiger charge is 2.20. The smallest absolute Gasteiger partial charge is 0.136 e. The molecule has 0 radical (unpaired) electrons. The fraction of sp³-hybridized carbons (Fsp3) is 0. The molecule has 4 nitrogen and oxygen atoms in total. The van der Waals surface area contributed by atoms with Crippen LogP contribution in [0.15, 0.2) is 227 Å². The van der Waals surface area contributed by atoms with Gasteiger partial charge in [0.25, 0.3) is 0 Å². The zero-order valence-corrected chi connectivity index (χ0v) is 33.5. The van der Waals surface area contributed by atoms with Crippen molar-refractivity contribution in [3.63, 3.8) is 0 Å². The Morgan fingerprint density at radius 3 is 1.08 bits per heavy atom. The number of fused-ring (bicyclic) bond motifs is 10. The number of rotatable bonds is 6. The van der Waals surface area contributed by atoms with Gasteiger partial charge in [0.05, 0.1) is 11.4 Å². The largest absolute Gasteiger partial charge is 0.456 e. The van der Waals surface area contributed by atoms with E-state index in [-0.39, 0.29) is 0 Å². The monoisotopic (exact) mass is 792 g/mol. The fourth-order valence-corrected chi connectivity index (χ4v) is 9.60. The first-order valence-electron chi connectivity index (χ1n) is 21.1. The molecule has 290 valence electrons. The van der Waals surface area contributed by atoms with Crippen LogP contribution in [-0.4, -0.2) is 0 Å². The Hall–Kier alpha value is -8.34. The Kier molecular flexibility index (Phi) is 7.57. The summed E-state index contributed by atoms with van der Waals surface area (Å²) in [4.78, 5) is 4.69. The van der Waals surface area contributed by atoms with Gasteiger partial charge in [0.1, 0.15) is 22.3 Å². The van der Waals surface area contributed by atoms with Crippen molar-refractivity contribution in [1.82, 2.24) is 0 Å². The molecule has 2 heterocycles. The minimum absolute atomic E-state index is 0.844. The molecule has 0 spiro atoms. The second-order valence-corrected chi connectivity index (χ2v) is 16.1. The van der Waals surface area contributed by atoms with Crippen molar-refractivity contribution < 1.29 is 8.83 Å². The second-order valence-electron chi connectivity index (χ2n) is 16.1. The lowest BCUT2D eigenvalue weighted by atomic mass is 10.0. The van der Waals surface area contributed by atoms with Crippen LogP contribution in [0.1, 0.15) is 0 Å². The molecule has 0 aliphatic heterocycles. The van der Waals surface area contributed by atoms with Gasteiger partial charge in [-0.1, -0.05) is 121 Å². The van der Waals surface area contributed by atoms with Gasteiger partial charge >= 0.3 is 0 Å². The van der Waals surface area contributed by atoms with Crippen molar-refractivity contribution in [2.75, 3.05) is 9.80 Å². The van der Waals surface area contributed by atoms with Gasteiger partial charge in [0, 0.05) is 55.1 Å². The summed E-state index contributed by atoms with van der Waals surface area (Å²) in [6.07, 6.45) is 0. The first-order valence-corrected chi connectivity index (χ1v) is 21.1. The van der Waals surface area contributed by atoms with Crippen molar-refractivity contribution in [2.24, 2.45) is 0 Å². The van der Waals surface area contributed by atoms with Gasteiger partial charge in [-0.15, -0.1) is 0 Å². The van der Waals surface area contributed by atoms with Crippen LogP contribution in [0.3, 0.4) is 0 Å². The van der Waals surface area contributed by atoms with Crippen molar-refractivity contribution in [3.8, 4) is 0 Å². The lowest BCUT2D eigenvalue weighted by molar-refractivity contribution is 0.664. The summed E-state index contributed by atoms with van der Waals surface area (Å²) in [6, 6.07) is 78.0. The third kappa shape index (κ3) is 5.47. The number of nitrogens with zero attached hydrogens (tertiary/aromatic N) is 2. The molecule has 4 heteroatoms. The first kappa shape index (κ1) is 34.5. The van der Waals surface area contributed by atoms with Crippen LogP contribution in [0.25, 0.3) is 87.0 Å². The average molecular weight is 793 g/mol. The summed E-state index contributed by atoms with van der Waals surface area (Å²) in [6.45, 7) is 0. The third-order valence-electron chi connectivity index (χ3n) is 12.5. The molecule has 0 aliphatic carbocycles. The van der Waals surface area contributed by atoms with E-state index in [1.54, 1.807) is 0 Å². The molecule has 0 amide bonds. The van der Waals surface area contributed by atoms with E-state index in [0.717, 1.165) is 99.5 Å². The predicted octanol–water partition coefficient (Wildman–Crippen LogP) is 17.0. The number of hydrogen-bond acceptors (Lipinski definition) is 4. The molecule has 13 rings (SSSR count). The Bertz CT molecular complexity index is 3620. The predicted molar refractivity (Wildman–Crippen MR) is 260 cm³/mol. The Labute approximate surface area is 356 Å². The molecule has 0 aliphatic rings. The Morgan fingerprint density at radius 1 is 0.226 bits per heavy atom. The quantitative estimate of drug-likeness (QED) is 0.168. The number of furan rings is 2. The van der Waals surface area contributed by atoms with Crippen LogP contribution in [0.4, 0.5) is 34.1 Å². The van der Waals surface area contributed by atoms with Gasteiger partial charge in [-0.2, -0.15) is 0 Å². The maximum Gasteiger partial charge on any atom is 0.136 e. The summed E-state index contributed by atoms with van der Waals surface area (Å²) in [5, 5.41) is 13.6. The molecule has 62 heavy (non-hydrogen) atoms. The molecule has 0 N–H and O–H groups in total. The standard InChI is InChI=1S/C58H36N2O2/c1-3-17-43(18-4-1)59(53-23-11-15-37-13-7-9-21-47(37)53)45-27-25-39-31-49-51-35-58-52(36-57(51)61-55(49)33-41(39)29-45)50-32-40-26-28-46(30-42(40)34-56(50)62-58)60(44-19-5-2-6-20-44)54-24-12-16-38-14-8-10-22-48(38)54/h1-36H. The van der Waals surface area contributed by atoms with E-state index in [0.29, 0.717) is 0 Å². The lowest BCUT2D eigenvalue weighted by Crippen LogP contribution is -2.10. The zero-order valence-electron chi connectivity index (χ0n) is 33.5. The van der Waals surface area contributed by atoms with E-state index in [1.807, 2.05) is 0 Å². The van der Waals surface area contributed by atoms with Gasteiger partial charge in [-0.3, -0.25) is 0 Å². The van der Waals surface area contributed by atoms with Gasteiger partial charge < -0.3 is 18.6 Å². The zero-order chi connectivity index (χ0) is 40.7. The topological polar surface area (TPSA) is 32.8 Å². The van der Waals surface area contributed by atoms with Crippen molar-refractivity contribution in [2.45, 2.75) is 0 Å². The van der Waals surface area contributed by atoms with E-state index >= 15 is 0 Å². The summed E-state index contributed by atoms with van der Waals surface area (Å²) in [5.41, 5.74) is 10.0. The lowest BCUT2D eigenvalue weighted by Gasteiger charge is -2.27. The highest BCUT2D eigenvalue weighted by Crippen LogP contribution is 2.44. The molecule has 2 aromatic heterocycles. The van der Waals surface area contributed by atoms with E-state index < -0.39 is 0 Å². The van der Waals surface area contributed by atoms with Crippen molar-refractivity contribution in [3.05, 3.63) is 218 Å². The number of hydrogen-bond donors (Lipinski definition) is 0. The average Bonchev–Trinajstić information content (AvgIpc) is 3.85. The minimum atomic E-state index is 0.844. The van der Waals surface area contributed by atoms with E-state index in [2.05, 4.69) is 228 Å². The number of para-hydroxylation sites is 2. The normalized spacial score (nSPS) is 11.9. The van der Waals surface area contributed by atoms with E-state index in [9.17, 15) is 0 Å². The molecule has 0 saturated carbocycles. The van der Waals surface area contributed by atoms with Gasteiger partial charge in [-0.05, 0) is 129 Å². The Balaban J connectivity index is 0.916. The third-order valence-corrected chi connectivity index (χ3v) is 12.5. The highest BCUT2D eigenvalue weighted by molar-refractivity contribution is 6.18. The van der Waals surface area contributed by atoms with Crippen molar-refractivity contribution >= 4 is 121 Å². The highest BCUT2D eigenvalue weighted by atomic mass is 16.3. The maximum absolute atomic E-state index is 6.70.